The van der Waals surface area contributed by atoms with E-state index in [-0.39, 0.29) is 6.04 Å². The van der Waals surface area contributed by atoms with E-state index in [2.05, 4.69) is 20.8 Å². The van der Waals surface area contributed by atoms with Gasteiger partial charge >= 0.3 is 0 Å². The zero-order chi connectivity index (χ0) is 9.56. The molecule has 0 fully saturated rings. The minimum absolute atomic E-state index is 0.285. The van der Waals surface area contributed by atoms with Crippen molar-refractivity contribution < 1.29 is 4.74 Å². The van der Waals surface area contributed by atoms with Gasteiger partial charge < -0.3 is 10.5 Å². The van der Waals surface area contributed by atoms with Crippen LogP contribution in [0.1, 0.15) is 34.1 Å². The van der Waals surface area contributed by atoms with Crippen molar-refractivity contribution in [3.8, 4) is 0 Å². The monoisotopic (exact) mass is 173 g/mol. The van der Waals surface area contributed by atoms with Crippen molar-refractivity contribution in [1.82, 2.24) is 0 Å². The largest absolute Gasteiger partial charge is 0.381 e. The van der Waals surface area contributed by atoms with E-state index in [1.165, 1.54) is 0 Å². The summed E-state index contributed by atoms with van der Waals surface area (Å²) in [5.41, 5.74) is 5.72. The summed E-state index contributed by atoms with van der Waals surface area (Å²) >= 11 is 0. The van der Waals surface area contributed by atoms with Crippen molar-refractivity contribution in [3.63, 3.8) is 0 Å². The smallest absolute Gasteiger partial charge is 0.0488 e. The molecular formula is C10H23NO. The van der Waals surface area contributed by atoms with Gasteiger partial charge in [0.25, 0.3) is 0 Å². The van der Waals surface area contributed by atoms with Gasteiger partial charge in [-0.25, -0.2) is 0 Å². The highest BCUT2D eigenvalue weighted by Crippen LogP contribution is 2.05. The lowest BCUT2D eigenvalue weighted by Gasteiger charge is -2.15. The molecule has 0 rings (SSSR count). The Kier molecular flexibility index (Phi) is 6.39. The predicted octanol–water partition coefficient (Wildman–Crippen LogP) is 2.03. The third kappa shape index (κ3) is 6.62. The van der Waals surface area contributed by atoms with E-state index in [1.54, 1.807) is 0 Å². The summed E-state index contributed by atoms with van der Waals surface area (Å²) < 4.78 is 5.46. The molecule has 2 nitrogen and oxygen atoms in total. The molecule has 0 bridgehead atoms. The van der Waals surface area contributed by atoms with E-state index in [9.17, 15) is 0 Å². The van der Waals surface area contributed by atoms with E-state index < -0.39 is 0 Å². The van der Waals surface area contributed by atoms with Crippen molar-refractivity contribution >= 4 is 0 Å². The van der Waals surface area contributed by atoms with Crippen LogP contribution in [-0.2, 0) is 4.74 Å². The molecule has 0 aliphatic rings. The maximum atomic E-state index is 5.72. The molecule has 74 valence electrons. The minimum Gasteiger partial charge on any atom is -0.381 e. The number of hydrogen-bond donors (Lipinski definition) is 1. The van der Waals surface area contributed by atoms with Crippen LogP contribution in [-0.4, -0.2) is 19.3 Å². The first kappa shape index (κ1) is 11.9. The first-order valence-corrected chi connectivity index (χ1v) is 4.87. The molecule has 0 aliphatic carbocycles. The lowest BCUT2D eigenvalue weighted by molar-refractivity contribution is 0.0974. The third-order valence-electron chi connectivity index (χ3n) is 2.07. The fraction of sp³-hybridized carbons (Fsp3) is 1.00. The van der Waals surface area contributed by atoms with Crippen molar-refractivity contribution in [2.24, 2.45) is 17.6 Å². The first-order chi connectivity index (χ1) is 5.54. The maximum absolute atomic E-state index is 5.72. The Bertz CT molecular complexity index is 102. The molecule has 0 aromatic carbocycles. The van der Waals surface area contributed by atoms with Crippen LogP contribution in [0.4, 0.5) is 0 Å². The third-order valence-corrected chi connectivity index (χ3v) is 2.07. The van der Waals surface area contributed by atoms with Gasteiger partial charge in [0.05, 0.1) is 0 Å². The van der Waals surface area contributed by atoms with Gasteiger partial charge in [-0.3, -0.25) is 0 Å². The van der Waals surface area contributed by atoms with Gasteiger partial charge in [0, 0.05) is 19.3 Å². The van der Waals surface area contributed by atoms with Crippen molar-refractivity contribution in [2.75, 3.05) is 13.2 Å². The number of hydrogen-bond acceptors (Lipinski definition) is 2. The molecule has 2 unspecified atom stereocenters. The fourth-order valence-corrected chi connectivity index (χ4v) is 0.851. The summed E-state index contributed by atoms with van der Waals surface area (Å²) in [6.07, 6.45) is 1.07. The molecule has 0 amide bonds. The quantitative estimate of drug-likeness (QED) is 0.624. The number of nitrogens with two attached hydrogens (primary N) is 1. The summed E-state index contributed by atoms with van der Waals surface area (Å²) in [5, 5.41) is 0. The molecule has 0 saturated heterocycles. The summed E-state index contributed by atoms with van der Waals surface area (Å²) in [6, 6.07) is 0.285. The topological polar surface area (TPSA) is 35.2 Å². The van der Waals surface area contributed by atoms with Gasteiger partial charge in [-0.15, -0.1) is 0 Å². The van der Waals surface area contributed by atoms with Gasteiger partial charge in [-0.2, -0.15) is 0 Å². The number of rotatable bonds is 6. The molecule has 2 atom stereocenters. The molecule has 12 heavy (non-hydrogen) atoms. The second-order valence-electron chi connectivity index (χ2n) is 4.09. The Morgan fingerprint density at radius 2 is 1.75 bits per heavy atom. The summed E-state index contributed by atoms with van der Waals surface area (Å²) in [7, 11) is 0. The Morgan fingerprint density at radius 1 is 1.17 bits per heavy atom. The van der Waals surface area contributed by atoms with E-state index >= 15 is 0 Å². The lowest BCUT2D eigenvalue weighted by Crippen LogP contribution is -2.25. The highest BCUT2D eigenvalue weighted by molar-refractivity contribution is 4.62. The molecule has 2 N–H and O–H groups in total. The Labute approximate surface area is 76.5 Å². The average molecular weight is 173 g/mol. The molecule has 0 aromatic heterocycles. The van der Waals surface area contributed by atoms with Crippen molar-refractivity contribution in [3.05, 3.63) is 0 Å². The van der Waals surface area contributed by atoms with Gasteiger partial charge in [-0.05, 0) is 25.2 Å². The SMILES string of the molecule is CC(C)COCCC(C)C(C)N. The zero-order valence-electron chi connectivity index (χ0n) is 8.84. The Balaban J connectivity index is 3.20. The predicted molar refractivity (Wildman–Crippen MR) is 53.1 cm³/mol. The first-order valence-electron chi connectivity index (χ1n) is 4.87. The lowest BCUT2D eigenvalue weighted by atomic mass is 10.0. The van der Waals surface area contributed by atoms with Crippen LogP contribution in [0.25, 0.3) is 0 Å². The van der Waals surface area contributed by atoms with Crippen molar-refractivity contribution in [2.45, 2.75) is 40.2 Å². The minimum atomic E-state index is 0.285. The van der Waals surface area contributed by atoms with Gasteiger partial charge in [0.15, 0.2) is 0 Å². The van der Waals surface area contributed by atoms with E-state index in [0.29, 0.717) is 11.8 Å². The molecule has 0 heterocycles. The van der Waals surface area contributed by atoms with Gasteiger partial charge in [-0.1, -0.05) is 20.8 Å². The van der Waals surface area contributed by atoms with Crippen LogP contribution in [0.5, 0.6) is 0 Å². The maximum Gasteiger partial charge on any atom is 0.0488 e. The second kappa shape index (κ2) is 6.44. The highest BCUT2D eigenvalue weighted by atomic mass is 16.5. The number of ether oxygens (including phenoxy) is 1. The molecule has 0 spiro atoms. The normalized spacial score (nSPS) is 16.5. The molecular weight excluding hydrogens is 150 g/mol. The summed E-state index contributed by atoms with van der Waals surface area (Å²) in [6.45, 7) is 10.3. The fourth-order valence-electron chi connectivity index (χ4n) is 0.851. The highest BCUT2D eigenvalue weighted by Gasteiger charge is 2.06. The van der Waals surface area contributed by atoms with Crippen LogP contribution in [0.3, 0.4) is 0 Å². The van der Waals surface area contributed by atoms with Crippen LogP contribution in [0.15, 0.2) is 0 Å². The summed E-state index contributed by atoms with van der Waals surface area (Å²) in [4.78, 5) is 0. The Hall–Kier alpha value is -0.0800. The average Bonchev–Trinajstić information content (AvgIpc) is 1.97. The van der Waals surface area contributed by atoms with Crippen LogP contribution >= 0.6 is 0 Å². The van der Waals surface area contributed by atoms with Gasteiger partial charge in [0.2, 0.25) is 0 Å². The zero-order valence-corrected chi connectivity index (χ0v) is 8.84. The van der Waals surface area contributed by atoms with Crippen LogP contribution in [0, 0.1) is 11.8 Å². The van der Waals surface area contributed by atoms with Crippen LogP contribution in [0.2, 0.25) is 0 Å². The van der Waals surface area contributed by atoms with Gasteiger partial charge in [0.1, 0.15) is 0 Å². The molecule has 0 radical (unpaired) electrons. The van der Waals surface area contributed by atoms with E-state index in [4.69, 9.17) is 10.5 Å². The molecule has 0 saturated carbocycles. The van der Waals surface area contributed by atoms with E-state index in [0.717, 1.165) is 19.6 Å². The second-order valence-corrected chi connectivity index (χ2v) is 4.09. The molecule has 0 aliphatic heterocycles. The molecule has 0 aromatic rings. The standard InChI is InChI=1S/C10H23NO/c1-8(2)7-12-6-5-9(3)10(4)11/h8-10H,5-7,11H2,1-4H3. The van der Waals surface area contributed by atoms with Crippen LogP contribution < -0.4 is 5.73 Å². The summed E-state index contributed by atoms with van der Waals surface area (Å²) in [5.74, 6) is 1.20. The molecule has 2 heteroatoms. The van der Waals surface area contributed by atoms with Crippen molar-refractivity contribution in [1.29, 1.82) is 0 Å². The Morgan fingerprint density at radius 3 is 2.17 bits per heavy atom. The van der Waals surface area contributed by atoms with E-state index in [1.807, 2.05) is 6.92 Å².